The summed E-state index contributed by atoms with van der Waals surface area (Å²) in [5.41, 5.74) is 0. The minimum atomic E-state index is -0.442. The Morgan fingerprint density at radius 3 is 3.19 bits per heavy atom. The topological polar surface area (TPSA) is 105 Å². The first-order valence-electron chi connectivity index (χ1n) is 5.13. The van der Waals surface area contributed by atoms with Gasteiger partial charge in [0.05, 0.1) is 12.6 Å². The van der Waals surface area contributed by atoms with E-state index in [1.54, 1.807) is 6.92 Å². The molecule has 1 saturated heterocycles. The zero-order chi connectivity index (χ0) is 11.4. The maximum atomic E-state index is 11.7. The summed E-state index contributed by atoms with van der Waals surface area (Å²) in [7, 11) is 0. The van der Waals surface area contributed by atoms with Crippen LogP contribution in [0.4, 0.5) is 0 Å². The number of nitrogens with one attached hydrogen (secondary N) is 3. The summed E-state index contributed by atoms with van der Waals surface area (Å²) >= 11 is 0. The van der Waals surface area contributed by atoms with E-state index in [4.69, 9.17) is 4.74 Å². The molecule has 8 heteroatoms. The number of rotatable bonds is 3. The molecule has 1 aliphatic rings. The zero-order valence-corrected chi connectivity index (χ0v) is 8.93. The Morgan fingerprint density at radius 2 is 2.56 bits per heavy atom. The maximum Gasteiger partial charge on any atom is 0.251 e. The number of morpholine rings is 1. The third kappa shape index (κ3) is 2.52. The number of H-pyrrole nitrogens is 1. The van der Waals surface area contributed by atoms with Crippen LogP contribution in [0, 0.1) is 0 Å². The van der Waals surface area contributed by atoms with Crippen molar-refractivity contribution in [2.45, 2.75) is 19.1 Å². The normalized spacial score (nSPS) is 22.7. The second-order valence-corrected chi connectivity index (χ2v) is 3.56. The van der Waals surface area contributed by atoms with Gasteiger partial charge in [-0.3, -0.25) is 4.79 Å². The number of nitrogens with zero attached hydrogens (tertiary/aromatic N) is 3. The third-order valence-corrected chi connectivity index (χ3v) is 2.33. The van der Waals surface area contributed by atoms with Crippen molar-refractivity contribution < 1.29 is 9.53 Å². The molecule has 3 N–H and O–H groups in total. The van der Waals surface area contributed by atoms with E-state index in [2.05, 4.69) is 31.3 Å². The van der Waals surface area contributed by atoms with Crippen LogP contribution in [0.5, 0.6) is 0 Å². The summed E-state index contributed by atoms with van der Waals surface area (Å²) in [6.07, 6.45) is -0.442. The minimum Gasteiger partial charge on any atom is -0.366 e. The molecule has 2 atom stereocenters. The number of carbonyl (C=O) groups excluding carboxylic acids is 1. The van der Waals surface area contributed by atoms with Crippen LogP contribution < -0.4 is 10.6 Å². The van der Waals surface area contributed by atoms with Crippen molar-refractivity contribution in [3.05, 3.63) is 5.82 Å². The van der Waals surface area contributed by atoms with Gasteiger partial charge in [0.25, 0.3) is 5.91 Å². The standard InChI is InChI=1S/C8H14N6O2/c1-5(7-11-13-14-12-7)10-8(15)6-4-9-2-3-16-6/h5-6,9H,2-4H2,1H3,(H,10,15)(H,11,12,13,14). The van der Waals surface area contributed by atoms with E-state index < -0.39 is 6.10 Å². The predicted molar refractivity (Wildman–Crippen MR) is 53.3 cm³/mol. The number of hydrogen-bond donors (Lipinski definition) is 3. The lowest BCUT2D eigenvalue weighted by atomic mass is 10.2. The first-order chi connectivity index (χ1) is 7.77. The zero-order valence-electron chi connectivity index (χ0n) is 8.93. The Labute approximate surface area is 92.1 Å². The molecule has 1 aromatic heterocycles. The molecule has 0 aliphatic carbocycles. The first kappa shape index (κ1) is 11.0. The van der Waals surface area contributed by atoms with Crippen LogP contribution in [-0.4, -0.2) is 52.3 Å². The van der Waals surface area contributed by atoms with Gasteiger partial charge in [-0.1, -0.05) is 5.21 Å². The highest BCUT2D eigenvalue weighted by Crippen LogP contribution is 2.05. The molecule has 1 aliphatic heterocycles. The molecule has 2 unspecified atom stereocenters. The number of aromatic nitrogens is 4. The number of amides is 1. The molecule has 1 fully saturated rings. The average molecular weight is 226 g/mol. The van der Waals surface area contributed by atoms with E-state index in [1.807, 2.05) is 0 Å². The fourth-order valence-electron chi connectivity index (χ4n) is 1.46. The fraction of sp³-hybridized carbons (Fsp3) is 0.750. The Morgan fingerprint density at radius 1 is 1.69 bits per heavy atom. The summed E-state index contributed by atoms with van der Waals surface area (Å²) in [6, 6.07) is -0.281. The van der Waals surface area contributed by atoms with Gasteiger partial charge in [0, 0.05) is 13.1 Å². The van der Waals surface area contributed by atoms with Crippen molar-refractivity contribution in [1.29, 1.82) is 0 Å². The first-order valence-corrected chi connectivity index (χ1v) is 5.13. The number of hydrogen-bond acceptors (Lipinski definition) is 6. The summed E-state index contributed by atoms with van der Waals surface area (Å²) in [6.45, 7) is 3.66. The van der Waals surface area contributed by atoms with Crippen LogP contribution >= 0.6 is 0 Å². The lowest BCUT2D eigenvalue weighted by Crippen LogP contribution is -2.48. The second-order valence-electron chi connectivity index (χ2n) is 3.56. The van der Waals surface area contributed by atoms with Crippen molar-refractivity contribution in [1.82, 2.24) is 31.3 Å². The van der Waals surface area contributed by atoms with Crippen LogP contribution in [0.1, 0.15) is 18.8 Å². The Hall–Kier alpha value is -1.54. The second kappa shape index (κ2) is 4.99. The van der Waals surface area contributed by atoms with Gasteiger partial charge in [-0.25, -0.2) is 0 Å². The van der Waals surface area contributed by atoms with Crippen LogP contribution in [0.25, 0.3) is 0 Å². The number of tetrazole rings is 1. The van der Waals surface area contributed by atoms with Gasteiger partial charge < -0.3 is 15.4 Å². The Kier molecular flexibility index (Phi) is 3.42. The molecule has 1 aromatic rings. The molecule has 0 aromatic carbocycles. The quantitative estimate of drug-likeness (QED) is 0.571. The molecule has 2 rings (SSSR count). The van der Waals surface area contributed by atoms with Gasteiger partial charge in [0.15, 0.2) is 5.82 Å². The number of ether oxygens (including phenoxy) is 1. The molecular formula is C8H14N6O2. The molecule has 0 spiro atoms. The highest BCUT2D eigenvalue weighted by molar-refractivity contribution is 5.81. The van der Waals surface area contributed by atoms with Gasteiger partial charge in [-0.15, -0.1) is 10.2 Å². The summed E-state index contributed by atoms with van der Waals surface area (Å²) in [4.78, 5) is 11.7. The molecule has 8 nitrogen and oxygen atoms in total. The van der Waals surface area contributed by atoms with Crippen molar-refractivity contribution in [3.8, 4) is 0 Å². The molecule has 1 amide bonds. The number of aromatic amines is 1. The maximum absolute atomic E-state index is 11.7. The molecule has 0 saturated carbocycles. The lowest BCUT2D eigenvalue weighted by Gasteiger charge is -2.23. The van der Waals surface area contributed by atoms with Crippen LogP contribution in [0.2, 0.25) is 0 Å². The van der Waals surface area contributed by atoms with E-state index in [0.717, 1.165) is 6.54 Å². The summed E-state index contributed by atoms with van der Waals surface area (Å²) in [5.74, 6) is 0.293. The van der Waals surface area contributed by atoms with E-state index in [1.165, 1.54) is 0 Å². The molecular weight excluding hydrogens is 212 g/mol. The van der Waals surface area contributed by atoms with Gasteiger partial charge in [0.2, 0.25) is 0 Å². The van der Waals surface area contributed by atoms with E-state index >= 15 is 0 Å². The summed E-state index contributed by atoms with van der Waals surface area (Å²) < 4.78 is 5.32. The largest absolute Gasteiger partial charge is 0.366 e. The predicted octanol–water partition coefficient (Wildman–Crippen LogP) is -1.63. The third-order valence-electron chi connectivity index (χ3n) is 2.33. The van der Waals surface area contributed by atoms with E-state index in [-0.39, 0.29) is 11.9 Å². The average Bonchev–Trinajstić information content (AvgIpc) is 2.83. The fourth-order valence-corrected chi connectivity index (χ4v) is 1.46. The SMILES string of the molecule is CC(NC(=O)C1CNCCO1)c1nn[nH]n1. The van der Waals surface area contributed by atoms with Crippen molar-refractivity contribution in [3.63, 3.8) is 0 Å². The molecule has 88 valence electrons. The van der Waals surface area contributed by atoms with E-state index in [0.29, 0.717) is 19.0 Å². The van der Waals surface area contributed by atoms with Crippen LogP contribution in [0.15, 0.2) is 0 Å². The van der Waals surface area contributed by atoms with Crippen molar-refractivity contribution in [2.75, 3.05) is 19.7 Å². The van der Waals surface area contributed by atoms with Gasteiger partial charge in [0.1, 0.15) is 6.10 Å². The Balaban J connectivity index is 1.86. The van der Waals surface area contributed by atoms with Gasteiger partial charge in [-0.05, 0) is 6.92 Å². The summed E-state index contributed by atoms with van der Waals surface area (Å²) in [5, 5.41) is 19.2. The lowest BCUT2D eigenvalue weighted by molar-refractivity contribution is -0.134. The van der Waals surface area contributed by atoms with Crippen molar-refractivity contribution in [2.24, 2.45) is 0 Å². The molecule has 16 heavy (non-hydrogen) atoms. The minimum absolute atomic E-state index is 0.162. The van der Waals surface area contributed by atoms with E-state index in [9.17, 15) is 4.79 Å². The van der Waals surface area contributed by atoms with Gasteiger partial charge >= 0.3 is 0 Å². The van der Waals surface area contributed by atoms with Crippen LogP contribution in [-0.2, 0) is 9.53 Å². The highest BCUT2D eigenvalue weighted by atomic mass is 16.5. The van der Waals surface area contributed by atoms with Crippen molar-refractivity contribution >= 4 is 5.91 Å². The molecule has 2 heterocycles. The monoisotopic (exact) mass is 226 g/mol. The smallest absolute Gasteiger partial charge is 0.251 e. The Bertz CT molecular complexity index is 334. The van der Waals surface area contributed by atoms with Crippen LogP contribution in [0.3, 0.4) is 0 Å². The molecule has 0 radical (unpaired) electrons. The molecule has 0 bridgehead atoms. The highest BCUT2D eigenvalue weighted by Gasteiger charge is 2.24. The van der Waals surface area contributed by atoms with Gasteiger partial charge in [-0.2, -0.15) is 5.21 Å². The number of carbonyl (C=O) groups is 1.